The lowest BCUT2D eigenvalue weighted by Crippen LogP contribution is -2.41. The maximum Gasteiger partial charge on any atom is 0.208 e. The van der Waals surface area contributed by atoms with Gasteiger partial charge in [0.1, 0.15) is 17.7 Å². The van der Waals surface area contributed by atoms with E-state index in [1.165, 1.54) is 6.26 Å². The van der Waals surface area contributed by atoms with E-state index < -0.39 is 10.0 Å². The standard InChI is InChI=1S/C17H20ClN5O2S/c1-11-21-16-7-15(18)13(8-19)6-14(16)17(22-11)23-5-3-4-12(10-23)9-20-26(2,24)25/h6-7,12,20H,3-5,9-10H2,1-2H3. The third-order valence-electron chi connectivity index (χ3n) is 4.45. The molecule has 1 N–H and O–H groups in total. The van der Waals surface area contributed by atoms with Crippen molar-refractivity contribution in [1.82, 2.24) is 14.7 Å². The molecule has 1 saturated heterocycles. The summed E-state index contributed by atoms with van der Waals surface area (Å²) in [6.07, 6.45) is 3.07. The summed E-state index contributed by atoms with van der Waals surface area (Å²) in [6, 6.07) is 5.52. The fourth-order valence-corrected chi connectivity index (χ4v) is 4.01. The van der Waals surface area contributed by atoms with Crippen LogP contribution >= 0.6 is 11.6 Å². The lowest BCUT2D eigenvalue weighted by Gasteiger charge is -2.34. The Bertz CT molecular complexity index is 987. The van der Waals surface area contributed by atoms with Crippen LogP contribution in [0.4, 0.5) is 5.82 Å². The number of benzene rings is 1. The van der Waals surface area contributed by atoms with Gasteiger partial charge in [-0.05, 0) is 37.8 Å². The first-order chi connectivity index (χ1) is 12.3. The van der Waals surface area contributed by atoms with Crippen molar-refractivity contribution in [2.24, 2.45) is 5.92 Å². The van der Waals surface area contributed by atoms with Crippen LogP contribution in [0.3, 0.4) is 0 Å². The largest absolute Gasteiger partial charge is 0.356 e. The van der Waals surface area contributed by atoms with E-state index in [2.05, 4.69) is 25.7 Å². The highest BCUT2D eigenvalue weighted by molar-refractivity contribution is 7.88. The number of piperidine rings is 1. The van der Waals surface area contributed by atoms with Gasteiger partial charge in [-0.15, -0.1) is 0 Å². The molecule has 3 rings (SSSR count). The first-order valence-corrected chi connectivity index (χ1v) is 10.6. The van der Waals surface area contributed by atoms with Gasteiger partial charge in [-0.3, -0.25) is 0 Å². The first kappa shape index (κ1) is 18.8. The van der Waals surface area contributed by atoms with Crippen molar-refractivity contribution >= 4 is 38.3 Å². The summed E-state index contributed by atoms with van der Waals surface area (Å²) in [5, 5.41) is 10.4. The van der Waals surface area contributed by atoms with Crippen molar-refractivity contribution < 1.29 is 8.42 Å². The highest BCUT2D eigenvalue weighted by atomic mass is 35.5. The second-order valence-corrected chi connectivity index (χ2v) is 8.87. The number of nitriles is 1. The number of fused-ring (bicyclic) bond motifs is 1. The summed E-state index contributed by atoms with van der Waals surface area (Å²) in [5.41, 5.74) is 1.09. The normalized spacial score (nSPS) is 18.1. The van der Waals surface area contributed by atoms with Crippen LogP contribution < -0.4 is 9.62 Å². The number of anilines is 1. The zero-order valence-electron chi connectivity index (χ0n) is 14.7. The van der Waals surface area contributed by atoms with E-state index in [0.717, 1.165) is 30.6 Å². The van der Waals surface area contributed by atoms with E-state index in [4.69, 9.17) is 11.6 Å². The van der Waals surface area contributed by atoms with Crippen LogP contribution in [-0.2, 0) is 10.0 Å². The van der Waals surface area contributed by atoms with Gasteiger partial charge in [0, 0.05) is 25.0 Å². The number of hydrogen-bond donors (Lipinski definition) is 1. The molecule has 1 fully saturated rings. The molecule has 0 radical (unpaired) electrons. The first-order valence-electron chi connectivity index (χ1n) is 8.34. The van der Waals surface area contributed by atoms with Crippen LogP contribution in [0.1, 0.15) is 24.2 Å². The molecule has 0 saturated carbocycles. The van der Waals surface area contributed by atoms with Crippen molar-refractivity contribution in [2.75, 3.05) is 30.8 Å². The zero-order chi connectivity index (χ0) is 18.9. The van der Waals surface area contributed by atoms with Crippen LogP contribution in [0.25, 0.3) is 10.9 Å². The van der Waals surface area contributed by atoms with Crippen molar-refractivity contribution in [2.45, 2.75) is 19.8 Å². The van der Waals surface area contributed by atoms with Gasteiger partial charge in [0.05, 0.1) is 22.4 Å². The molecule has 1 aromatic heterocycles. The van der Waals surface area contributed by atoms with Gasteiger partial charge in [-0.2, -0.15) is 5.26 Å². The maximum absolute atomic E-state index is 11.4. The van der Waals surface area contributed by atoms with Crippen molar-refractivity contribution in [3.05, 3.63) is 28.5 Å². The molecular weight excluding hydrogens is 374 g/mol. The van der Waals surface area contributed by atoms with Gasteiger partial charge in [0.2, 0.25) is 10.0 Å². The van der Waals surface area contributed by atoms with Gasteiger partial charge in [-0.1, -0.05) is 11.6 Å². The molecule has 1 atom stereocenters. The van der Waals surface area contributed by atoms with Crippen LogP contribution in [0.5, 0.6) is 0 Å². The summed E-state index contributed by atoms with van der Waals surface area (Å²) in [7, 11) is -3.21. The molecule has 1 aromatic carbocycles. The van der Waals surface area contributed by atoms with E-state index in [1.54, 1.807) is 12.1 Å². The lowest BCUT2D eigenvalue weighted by molar-refractivity contribution is 0.410. The Labute approximate surface area is 158 Å². The molecule has 2 aromatic rings. The minimum atomic E-state index is -3.21. The van der Waals surface area contributed by atoms with Gasteiger partial charge in [0.25, 0.3) is 0 Å². The Kier molecular flexibility index (Phi) is 5.32. The van der Waals surface area contributed by atoms with Crippen LogP contribution in [0.15, 0.2) is 12.1 Å². The predicted molar refractivity (Wildman–Crippen MR) is 102 cm³/mol. The molecule has 138 valence electrons. The van der Waals surface area contributed by atoms with Gasteiger partial charge in [0.15, 0.2) is 0 Å². The molecule has 9 heteroatoms. The third kappa shape index (κ3) is 4.23. The highest BCUT2D eigenvalue weighted by Crippen LogP contribution is 2.31. The number of hydrogen-bond acceptors (Lipinski definition) is 6. The minimum Gasteiger partial charge on any atom is -0.356 e. The number of sulfonamides is 1. The molecule has 1 aliphatic rings. The number of rotatable bonds is 4. The van der Waals surface area contributed by atoms with Crippen molar-refractivity contribution in [3.63, 3.8) is 0 Å². The van der Waals surface area contributed by atoms with Gasteiger partial charge < -0.3 is 4.90 Å². The van der Waals surface area contributed by atoms with E-state index in [9.17, 15) is 13.7 Å². The Hall–Kier alpha value is -1.95. The number of aromatic nitrogens is 2. The summed E-state index contributed by atoms with van der Waals surface area (Å²) < 4.78 is 25.3. The number of halogens is 1. The fourth-order valence-electron chi connectivity index (χ4n) is 3.27. The Morgan fingerprint density at radius 1 is 1.42 bits per heavy atom. The SMILES string of the molecule is Cc1nc(N2CCCC(CNS(C)(=O)=O)C2)c2cc(C#N)c(Cl)cc2n1. The van der Waals surface area contributed by atoms with E-state index >= 15 is 0 Å². The zero-order valence-corrected chi connectivity index (χ0v) is 16.2. The van der Waals surface area contributed by atoms with Gasteiger partial charge >= 0.3 is 0 Å². The van der Waals surface area contributed by atoms with Crippen LogP contribution in [-0.4, -0.2) is 44.3 Å². The summed E-state index contributed by atoms with van der Waals surface area (Å²) in [4.78, 5) is 11.2. The molecule has 0 aliphatic carbocycles. The summed E-state index contributed by atoms with van der Waals surface area (Å²) >= 11 is 6.14. The molecule has 0 bridgehead atoms. The summed E-state index contributed by atoms with van der Waals surface area (Å²) in [6.45, 7) is 3.75. The smallest absolute Gasteiger partial charge is 0.208 e. The van der Waals surface area contributed by atoms with Crippen LogP contribution in [0, 0.1) is 24.2 Å². The Morgan fingerprint density at radius 2 is 2.19 bits per heavy atom. The molecular formula is C17H20ClN5O2S. The van der Waals surface area contributed by atoms with Crippen molar-refractivity contribution in [3.8, 4) is 6.07 Å². The monoisotopic (exact) mass is 393 g/mol. The molecule has 1 unspecified atom stereocenters. The Morgan fingerprint density at radius 3 is 2.88 bits per heavy atom. The average Bonchev–Trinajstić information content (AvgIpc) is 2.58. The minimum absolute atomic E-state index is 0.200. The maximum atomic E-state index is 11.4. The van der Waals surface area contributed by atoms with E-state index in [0.29, 0.717) is 35.0 Å². The molecule has 0 amide bonds. The topological polar surface area (TPSA) is 99.0 Å². The molecule has 0 spiro atoms. The summed E-state index contributed by atoms with van der Waals surface area (Å²) in [5.74, 6) is 1.60. The fraction of sp³-hybridized carbons (Fsp3) is 0.471. The second kappa shape index (κ2) is 7.35. The molecule has 26 heavy (non-hydrogen) atoms. The Balaban J connectivity index is 1.95. The number of nitrogens with one attached hydrogen (secondary N) is 1. The second-order valence-electron chi connectivity index (χ2n) is 6.63. The van der Waals surface area contributed by atoms with Crippen molar-refractivity contribution in [1.29, 1.82) is 5.26 Å². The van der Waals surface area contributed by atoms with E-state index in [-0.39, 0.29) is 5.92 Å². The van der Waals surface area contributed by atoms with E-state index in [1.807, 2.05) is 6.92 Å². The molecule has 7 nitrogen and oxygen atoms in total. The number of nitrogens with zero attached hydrogens (tertiary/aromatic N) is 4. The van der Waals surface area contributed by atoms with Gasteiger partial charge in [-0.25, -0.2) is 23.1 Å². The molecule has 1 aliphatic heterocycles. The molecule has 2 heterocycles. The predicted octanol–water partition coefficient (Wildman–Crippen LogP) is 2.23. The lowest BCUT2D eigenvalue weighted by atomic mass is 9.98. The number of aryl methyl sites for hydroxylation is 1. The van der Waals surface area contributed by atoms with Crippen LogP contribution in [0.2, 0.25) is 5.02 Å². The quantitative estimate of drug-likeness (QED) is 0.855. The average molecular weight is 394 g/mol. The third-order valence-corrected chi connectivity index (χ3v) is 5.45. The highest BCUT2D eigenvalue weighted by Gasteiger charge is 2.24.